The molecule has 0 aromatic heterocycles. The lowest BCUT2D eigenvalue weighted by Crippen LogP contribution is -2.38. The number of hydrogen-bond donors (Lipinski definition) is 0. The van der Waals surface area contributed by atoms with Gasteiger partial charge < -0.3 is 9.64 Å². The molecule has 120 valence electrons. The van der Waals surface area contributed by atoms with Crippen molar-refractivity contribution in [3.05, 3.63) is 54.1 Å². The zero-order chi connectivity index (χ0) is 16.6. The predicted octanol–water partition coefficient (Wildman–Crippen LogP) is 2.40. The molecule has 6 heteroatoms. The van der Waals surface area contributed by atoms with Gasteiger partial charge in [0.05, 0.1) is 11.4 Å². The first-order valence-electron chi connectivity index (χ1n) is 7.22. The Bertz CT molecular complexity index is 843. The molecule has 0 fully saturated rings. The van der Waals surface area contributed by atoms with E-state index in [0.717, 1.165) is 11.8 Å². The molecule has 0 aliphatic carbocycles. The standard InChI is InChI=1S/C17H17NO4S/c1-12-17(19)18(11-13-5-3-4-6-16(13)22-12)14-7-9-15(10-8-14)23(2,20)21/h3-10,12H,11H2,1-2H3/t12-/m0/s1. The Labute approximate surface area is 135 Å². The van der Waals surface area contributed by atoms with Crippen molar-refractivity contribution >= 4 is 21.4 Å². The van der Waals surface area contributed by atoms with Gasteiger partial charge in [-0.2, -0.15) is 0 Å². The van der Waals surface area contributed by atoms with Gasteiger partial charge in [0.2, 0.25) is 0 Å². The van der Waals surface area contributed by atoms with Crippen LogP contribution in [0.25, 0.3) is 0 Å². The summed E-state index contributed by atoms with van der Waals surface area (Å²) >= 11 is 0. The Morgan fingerprint density at radius 2 is 1.74 bits per heavy atom. The predicted molar refractivity (Wildman–Crippen MR) is 87.3 cm³/mol. The molecule has 0 bridgehead atoms. The van der Waals surface area contributed by atoms with Gasteiger partial charge in [-0.25, -0.2) is 8.42 Å². The molecule has 1 heterocycles. The Kier molecular flexibility index (Phi) is 3.85. The van der Waals surface area contributed by atoms with Crippen LogP contribution in [0.3, 0.4) is 0 Å². The normalized spacial score (nSPS) is 18.1. The number of fused-ring (bicyclic) bond motifs is 1. The van der Waals surface area contributed by atoms with Crippen LogP contribution in [0.1, 0.15) is 12.5 Å². The van der Waals surface area contributed by atoms with E-state index in [1.165, 1.54) is 12.1 Å². The van der Waals surface area contributed by atoms with Crippen LogP contribution < -0.4 is 9.64 Å². The number of ether oxygens (including phenoxy) is 1. The average Bonchev–Trinajstić information content (AvgIpc) is 2.64. The molecule has 3 rings (SSSR count). The largest absolute Gasteiger partial charge is 0.481 e. The third kappa shape index (κ3) is 3.07. The van der Waals surface area contributed by atoms with E-state index in [2.05, 4.69) is 0 Å². The highest BCUT2D eigenvalue weighted by Crippen LogP contribution is 2.29. The second kappa shape index (κ2) is 5.70. The minimum Gasteiger partial charge on any atom is -0.481 e. The lowest BCUT2D eigenvalue weighted by molar-refractivity contribution is -0.124. The number of rotatable bonds is 2. The highest BCUT2D eigenvalue weighted by atomic mass is 32.2. The number of carbonyl (C=O) groups is 1. The van der Waals surface area contributed by atoms with Crippen molar-refractivity contribution in [2.24, 2.45) is 0 Å². The molecule has 5 nitrogen and oxygen atoms in total. The van der Waals surface area contributed by atoms with Gasteiger partial charge >= 0.3 is 0 Å². The molecule has 23 heavy (non-hydrogen) atoms. The van der Waals surface area contributed by atoms with Crippen molar-refractivity contribution in [3.63, 3.8) is 0 Å². The molecule has 0 N–H and O–H groups in total. The van der Waals surface area contributed by atoms with E-state index in [0.29, 0.717) is 18.0 Å². The smallest absolute Gasteiger partial charge is 0.268 e. The van der Waals surface area contributed by atoms with Gasteiger partial charge in [0.25, 0.3) is 5.91 Å². The Morgan fingerprint density at radius 1 is 1.09 bits per heavy atom. The Balaban J connectivity index is 1.99. The summed E-state index contributed by atoms with van der Waals surface area (Å²) in [5, 5.41) is 0. The average molecular weight is 331 g/mol. The third-order valence-corrected chi connectivity index (χ3v) is 4.92. The van der Waals surface area contributed by atoms with Gasteiger partial charge in [-0.15, -0.1) is 0 Å². The van der Waals surface area contributed by atoms with Crippen molar-refractivity contribution < 1.29 is 17.9 Å². The molecule has 0 spiro atoms. The topological polar surface area (TPSA) is 63.7 Å². The molecule has 1 aliphatic heterocycles. The lowest BCUT2D eigenvalue weighted by Gasteiger charge is -2.22. The maximum Gasteiger partial charge on any atom is 0.268 e. The summed E-state index contributed by atoms with van der Waals surface area (Å²) in [4.78, 5) is 14.4. The highest BCUT2D eigenvalue weighted by molar-refractivity contribution is 7.90. The number of anilines is 1. The summed E-state index contributed by atoms with van der Waals surface area (Å²) in [5.41, 5.74) is 1.56. The first-order chi connectivity index (χ1) is 10.9. The first-order valence-corrected chi connectivity index (χ1v) is 9.11. The molecule has 0 radical (unpaired) electrons. The number of benzene rings is 2. The van der Waals surface area contributed by atoms with E-state index in [9.17, 15) is 13.2 Å². The van der Waals surface area contributed by atoms with Gasteiger partial charge in [-0.1, -0.05) is 18.2 Å². The third-order valence-electron chi connectivity index (χ3n) is 3.80. The van der Waals surface area contributed by atoms with Crippen LogP contribution in [-0.4, -0.2) is 26.7 Å². The maximum absolute atomic E-state index is 12.6. The summed E-state index contributed by atoms with van der Waals surface area (Å²) in [6.45, 7) is 2.10. The van der Waals surface area contributed by atoms with Crippen LogP contribution in [0.4, 0.5) is 5.69 Å². The number of sulfone groups is 1. The lowest BCUT2D eigenvalue weighted by atomic mass is 10.2. The summed E-state index contributed by atoms with van der Waals surface area (Å²) in [5.74, 6) is 0.539. The van der Waals surface area contributed by atoms with E-state index in [1.54, 1.807) is 24.0 Å². The van der Waals surface area contributed by atoms with Gasteiger partial charge in [0.1, 0.15) is 5.75 Å². The highest BCUT2D eigenvalue weighted by Gasteiger charge is 2.28. The summed E-state index contributed by atoms with van der Waals surface area (Å²) in [7, 11) is -3.26. The summed E-state index contributed by atoms with van der Waals surface area (Å²) in [6, 6.07) is 13.8. The minimum absolute atomic E-state index is 0.159. The van der Waals surface area contributed by atoms with Gasteiger partial charge in [0.15, 0.2) is 15.9 Å². The summed E-state index contributed by atoms with van der Waals surface area (Å²) < 4.78 is 28.8. The summed E-state index contributed by atoms with van der Waals surface area (Å²) in [6.07, 6.45) is 0.555. The molecule has 2 aromatic rings. The minimum atomic E-state index is -3.26. The van der Waals surface area contributed by atoms with E-state index < -0.39 is 15.9 Å². The van der Waals surface area contributed by atoms with Crippen molar-refractivity contribution in [1.82, 2.24) is 0 Å². The van der Waals surface area contributed by atoms with E-state index >= 15 is 0 Å². The Morgan fingerprint density at radius 3 is 2.39 bits per heavy atom. The van der Waals surface area contributed by atoms with Crippen LogP contribution >= 0.6 is 0 Å². The van der Waals surface area contributed by atoms with Crippen LogP contribution in [0.15, 0.2) is 53.4 Å². The van der Waals surface area contributed by atoms with E-state index in [1.807, 2.05) is 24.3 Å². The molecule has 0 saturated heterocycles. The fourth-order valence-corrected chi connectivity index (χ4v) is 3.18. The molecule has 1 amide bonds. The van der Waals surface area contributed by atoms with Gasteiger partial charge in [-0.3, -0.25) is 4.79 Å². The van der Waals surface area contributed by atoms with E-state index in [-0.39, 0.29) is 10.8 Å². The van der Waals surface area contributed by atoms with Crippen molar-refractivity contribution in [3.8, 4) is 5.75 Å². The molecule has 2 aromatic carbocycles. The van der Waals surface area contributed by atoms with Crippen LogP contribution in [-0.2, 0) is 21.2 Å². The van der Waals surface area contributed by atoms with Crippen molar-refractivity contribution in [2.75, 3.05) is 11.2 Å². The van der Waals surface area contributed by atoms with Crippen molar-refractivity contribution in [1.29, 1.82) is 0 Å². The number of carbonyl (C=O) groups excluding carboxylic acids is 1. The molecule has 1 atom stereocenters. The number of hydrogen-bond acceptors (Lipinski definition) is 4. The quantitative estimate of drug-likeness (QED) is 0.848. The zero-order valence-corrected chi connectivity index (χ0v) is 13.7. The number of para-hydroxylation sites is 1. The zero-order valence-electron chi connectivity index (χ0n) is 12.9. The van der Waals surface area contributed by atoms with Crippen LogP contribution in [0.5, 0.6) is 5.75 Å². The fourth-order valence-electron chi connectivity index (χ4n) is 2.55. The van der Waals surface area contributed by atoms with Gasteiger partial charge in [0, 0.05) is 17.5 Å². The SMILES string of the molecule is C[C@@H]1Oc2ccccc2CN(c2ccc(S(C)(=O)=O)cc2)C1=O. The number of nitrogens with zero attached hydrogens (tertiary/aromatic N) is 1. The van der Waals surface area contributed by atoms with E-state index in [4.69, 9.17) is 4.74 Å². The molecular weight excluding hydrogens is 314 g/mol. The second-order valence-electron chi connectivity index (χ2n) is 5.56. The fraction of sp³-hybridized carbons (Fsp3) is 0.235. The van der Waals surface area contributed by atoms with Crippen molar-refractivity contribution in [2.45, 2.75) is 24.5 Å². The van der Waals surface area contributed by atoms with Crippen LogP contribution in [0.2, 0.25) is 0 Å². The molecule has 1 aliphatic rings. The Hall–Kier alpha value is -2.34. The molecule has 0 unspecified atom stereocenters. The molecular formula is C17H17NO4S. The number of amides is 1. The molecule has 0 saturated carbocycles. The maximum atomic E-state index is 12.6. The second-order valence-corrected chi connectivity index (χ2v) is 7.57. The first kappa shape index (κ1) is 15.6. The van der Waals surface area contributed by atoms with Crippen LogP contribution in [0, 0.1) is 0 Å². The monoisotopic (exact) mass is 331 g/mol. The van der Waals surface area contributed by atoms with Gasteiger partial charge in [-0.05, 0) is 37.3 Å².